The molecule has 1 aromatic heterocycles. The third-order valence-electron chi connectivity index (χ3n) is 4.19. The zero-order valence-electron chi connectivity index (χ0n) is 17.9. The van der Waals surface area contributed by atoms with Crippen LogP contribution in [0.15, 0.2) is 71.5 Å². The number of ketones is 1. The summed E-state index contributed by atoms with van der Waals surface area (Å²) in [6.45, 7) is 7.31. The minimum Gasteiger partial charge on any atom is -0.494 e. The van der Waals surface area contributed by atoms with Gasteiger partial charge < -0.3 is 4.74 Å². The van der Waals surface area contributed by atoms with Gasteiger partial charge in [-0.15, -0.1) is 0 Å². The molecule has 0 saturated carbocycles. The molecule has 0 bridgehead atoms. The number of anilines is 1. The number of pyridine rings is 1. The van der Waals surface area contributed by atoms with E-state index >= 15 is 0 Å². The number of aromatic nitrogens is 1. The zero-order chi connectivity index (χ0) is 25.7. The van der Waals surface area contributed by atoms with E-state index in [9.17, 15) is 26.4 Å². The predicted octanol–water partition coefficient (Wildman–Crippen LogP) is 6.44. The van der Waals surface area contributed by atoms with Crippen LogP contribution < -0.4 is 4.72 Å². The van der Waals surface area contributed by atoms with Gasteiger partial charge in [-0.3, -0.25) is 9.52 Å². The van der Waals surface area contributed by atoms with Crippen LogP contribution in [0.5, 0.6) is 0 Å². The lowest BCUT2D eigenvalue weighted by atomic mass is 10.0. The Bertz CT molecular complexity index is 1270. The van der Waals surface area contributed by atoms with Crippen molar-refractivity contribution in [2.24, 2.45) is 0 Å². The average molecular weight is 535 g/mol. The first-order valence-electron chi connectivity index (χ1n) is 9.56. The number of halogens is 5. The highest BCUT2D eigenvalue weighted by molar-refractivity contribution is 7.92. The fraction of sp³-hybridized carbons (Fsp3) is 0.182. The van der Waals surface area contributed by atoms with Gasteiger partial charge in [0, 0.05) is 6.20 Å². The molecule has 0 aliphatic carbocycles. The van der Waals surface area contributed by atoms with Crippen molar-refractivity contribution in [1.29, 1.82) is 0 Å². The topological polar surface area (TPSA) is 85.4 Å². The Kier molecular flexibility index (Phi) is 8.93. The van der Waals surface area contributed by atoms with Crippen molar-refractivity contribution in [2.45, 2.75) is 24.9 Å². The first kappa shape index (κ1) is 27.4. The van der Waals surface area contributed by atoms with E-state index in [0.717, 1.165) is 24.4 Å². The number of carbonyl (C=O) groups is 1. The number of benzene rings is 1. The molecule has 0 saturated heterocycles. The highest BCUT2D eigenvalue weighted by Gasteiger charge is 2.35. The van der Waals surface area contributed by atoms with Crippen LogP contribution in [0, 0.1) is 0 Å². The molecule has 0 atom stereocenters. The molecule has 182 valence electrons. The molecule has 0 amide bonds. The van der Waals surface area contributed by atoms with E-state index in [0.29, 0.717) is 6.07 Å². The molecule has 2 aromatic rings. The van der Waals surface area contributed by atoms with Crippen LogP contribution in [0.4, 0.5) is 18.9 Å². The van der Waals surface area contributed by atoms with Crippen molar-refractivity contribution in [3.8, 4) is 0 Å². The van der Waals surface area contributed by atoms with E-state index in [4.69, 9.17) is 27.9 Å². The Morgan fingerprint density at radius 1 is 1.26 bits per heavy atom. The second kappa shape index (κ2) is 11.1. The smallest absolute Gasteiger partial charge is 0.417 e. The molecule has 0 unspecified atom stereocenters. The van der Waals surface area contributed by atoms with Crippen LogP contribution in [-0.2, 0) is 20.9 Å². The standard InChI is InChI=1S/C22H19Cl2F3N2O4S/c1-4-6-7-16(13(3)33-5-2)21(30)20-19(10-14(23)12-28-20)29-34(31,32)15-8-9-18(24)17(11-15)22(25,26)27/h4,6-12,29H,3,5H2,1-2H3/b6-4-,16-7+. The minimum absolute atomic E-state index is 0.0129. The Labute approximate surface area is 204 Å². The van der Waals surface area contributed by atoms with Gasteiger partial charge in [0.1, 0.15) is 11.5 Å². The first-order chi connectivity index (χ1) is 15.8. The summed E-state index contributed by atoms with van der Waals surface area (Å²) < 4.78 is 72.7. The Balaban J connectivity index is 2.57. The number of hydrogen-bond acceptors (Lipinski definition) is 5. The summed E-state index contributed by atoms with van der Waals surface area (Å²) in [6, 6.07) is 3.20. The molecule has 0 radical (unpaired) electrons. The lowest BCUT2D eigenvalue weighted by molar-refractivity contribution is -0.137. The quantitative estimate of drug-likeness (QED) is 0.173. The molecule has 1 heterocycles. The monoisotopic (exact) mass is 534 g/mol. The number of Topliss-reactive ketones (excluding diaryl/α,β-unsaturated/α-hetero) is 1. The zero-order valence-corrected chi connectivity index (χ0v) is 20.2. The van der Waals surface area contributed by atoms with Gasteiger partial charge >= 0.3 is 6.18 Å². The summed E-state index contributed by atoms with van der Waals surface area (Å²) in [7, 11) is -4.61. The van der Waals surface area contributed by atoms with Crippen molar-refractivity contribution in [2.75, 3.05) is 11.3 Å². The molecule has 0 aliphatic heterocycles. The molecule has 2 rings (SSSR count). The molecule has 12 heteroatoms. The Hall–Kier alpha value is -2.82. The molecular weight excluding hydrogens is 516 g/mol. The van der Waals surface area contributed by atoms with Crippen molar-refractivity contribution in [3.63, 3.8) is 0 Å². The number of nitrogens with zero attached hydrogens (tertiary/aromatic N) is 1. The maximum atomic E-state index is 13.2. The van der Waals surface area contributed by atoms with Crippen LogP contribution in [0.1, 0.15) is 29.9 Å². The molecule has 0 fully saturated rings. The summed E-state index contributed by atoms with van der Waals surface area (Å²) in [4.78, 5) is 16.4. The Morgan fingerprint density at radius 2 is 1.94 bits per heavy atom. The van der Waals surface area contributed by atoms with Crippen molar-refractivity contribution in [1.82, 2.24) is 4.98 Å². The van der Waals surface area contributed by atoms with Crippen molar-refractivity contribution in [3.05, 3.63) is 87.9 Å². The van der Waals surface area contributed by atoms with Crippen LogP contribution in [0.25, 0.3) is 0 Å². The highest BCUT2D eigenvalue weighted by Crippen LogP contribution is 2.36. The summed E-state index contributed by atoms with van der Waals surface area (Å²) in [5.74, 6) is -0.735. The second-order valence-electron chi connectivity index (χ2n) is 6.59. The number of hydrogen-bond donors (Lipinski definition) is 1. The van der Waals surface area contributed by atoms with E-state index in [2.05, 4.69) is 16.3 Å². The molecule has 0 aliphatic rings. The molecule has 34 heavy (non-hydrogen) atoms. The predicted molar refractivity (Wildman–Crippen MR) is 125 cm³/mol. The van der Waals surface area contributed by atoms with E-state index in [1.807, 2.05) is 0 Å². The van der Waals surface area contributed by atoms with Gasteiger partial charge in [0.15, 0.2) is 0 Å². The average Bonchev–Trinajstić information content (AvgIpc) is 2.73. The Morgan fingerprint density at radius 3 is 2.53 bits per heavy atom. The fourth-order valence-corrected chi connectivity index (χ4v) is 4.12. The SMILES string of the molecule is C=C(OCC)/C(=C\C=C/C)C(=O)c1ncc(Cl)cc1NS(=O)(=O)c1ccc(Cl)c(C(F)(F)F)c1. The lowest BCUT2D eigenvalue weighted by Gasteiger charge is -2.15. The first-order valence-corrected chi connectivity index (χ1v) is 11.8. The summed E-state index contributed by atoms with van der Waals surface area (Å²) in [5.41, 5.74) is -2.06. The number of ether oxygens (including phenoxy) is 1. The summed E-state index contributed by atoms with van der Waals surface area (Å²) in [5, 5.41) is -0.691. The summed E-state index contributed by atoms with van der Waals surface area (Å²) in [6.07, 6.45) is 0.832. The third kappa shape index (κ3) is 6.62. The third-order valence-corrected chi connectivity index (χ3v) is 6.09. The van der Waals surface area contributed by atoms with E-state index in [1.165, 1.54) is 6.08 Å². The van der Waals surface area contributed by atoms with Crippen molar-refractivity contribution >= 4 is 44.7 Å². The van der Waals surface area contributed by atoms with Crippen LogP contribution in [0.2, 0.25) is 10.0 Å². The van der Waals surface area contributed by atoms with E-state index < -0.39 is 37.5 Å². The summed E-state index contributed by atoms with van der Waals surface area (Å²) >= 11 is 11.5. The van der Waals surface area contributed by atoms with Gasteiger partial charge in [-0.2, -0.15) is 13.2 Å². The molecular formula is C22H19Cl2F3N2O4S. The number of allylic oxidation sites excluding steroid dienone is 4. The van der Waals surface area contributed by atoms with Gasteiger partial charge in [0.05, 0.1) is 38.4 Å². The van der Waals surface area contributed by atoms with Gasteiger partial charge in [0.2, 0.25) is 5.78 Å². The van der Waals surface area contributed by atoms with Crippen LogP contribution in [0.3, 0.4) is 0 Å². The van der Waals surface area contributed by atoms with Gasteiger partial charge in [0.25, 0.3) is 10.0 Å². The molecule has 1 N–H and O–H groups in total. The number of rotatable bonds is 9. The molecule has 0 spiro atoms. The van der Waals surface area contributed by atoms with E-state index in [1.54, 1.807) is 26.0 Å². The normalized spacial score (nSPS) is 12.6. The van der Waals surface area contributed by atoms with Gasteiger partial charge in [-0.1, -0.05) is 41.9 Å². The van der Waals surface area contributed by atoms with Crippen LogP contribution in [-0.4, -0.2) is 25.8 Å². The number of alkyl halides is 3. The number of sulfonamides is 1. The lowest BCUT2D eigenvalue weighted by Crippen LogP contribution is -2.19. The minimum atomic E-state index is -4.88. The fourth-order valence-electron chi connectivity index (χ4n) is 2.66. The largest absolute Gasteiger partial charge is 0.494 e. The number of carbonyl (C=O) groups excluding carboxylic acids is 1. The maximum absolute atomic E-state index is 13.2. The van der Waals surface area contributed by atoms with Crippen LogP contribution >= 0.6 is 23.2 Å². The highest BCUT2D eigenvalue weighted by atomic mass is 35.5. The molecule has 1 aromatic carbocycles. The van der Waals surface area contributed by atoms with Crippen molar-refractivity contribution < 1.29 is 31.1 Å². The maximum Gasteiger partial charge on any atom is 0.417 e. The number of nitrogens with one attached hydrogen (secondary N) is 1. The second-order valence-corrected chi connectivity index (χ2v) is 9.11. The molecule has 6 nitrogen and oxygen atoms in total. The van der Waals surface area contributed by atoms with Gasteiger partial charge in [-0.25, -0.2) is 13.4 Å². The van der Waals surface area contributed by atoms with E-state index in [-0.39, 0.29) is 34.3 Å². The van der Waals surface area contributed by atoms with Gasteiger partial charge in [-0.05, 0) is 44.2 Å².